The molecule has 3 atom stereocenters. The first-order valence-corrected chi connectivity index (χ1v) is 8.11. The Balaban J connectivity index is 1.74. The number of nitrogens with zero attached hydrogens (tertiary/aromatic N) is 1. The summed E-state index contributed by atoms with van der Waals surface area (Å²) < 4.78 is 6.65. The molecular formula is C16H24BrNO2. The van der Waals surface area contributed by atoms with Gasteiger partial charge in [-0.25, -0.2) is 0 Å². The fraction of sp³-hybridized carbons (Fsp3) is 0.625. The number of benzene rings is 1. The molecule has 0 aromatic heterocycles. The SMILES string of the molecule is C[C@@H]1C[C@@H](C)CN(C[C@@H](O)COc2ccc(Br)cc2)C1. The molecule has 1 aromatic carbocycles. The number of ether oxygens (including phenoxy) is 1. The third-order valence-electron chi connectivity index (χ3n) is 3.67. The molecule has 1 saturated heterocycles. The normalized spacial score (nSPS) is 25.4. The molecule has 1 aliphatic heterocycles. The second kappa shape index (κ2) is 7.43. The van der Waals surface area contributed by atoms with Crippen molar-refractivity contribution < 1.29 is 9.84 Å². The van der Waals surface area contributed by atoms with E-state index in [1.54, 1.807) is 0 Å². The molecule has 0 unspecified atom stereocenters. The topological polar surface area (TPSA) is 32.7 Å². The summed E-state index contributed by atoms with van der Waals surface area (Å²) in [6.07, 6.45) is 0.860. The molecule has 0 saturated carbocycles. The number of aliphatic hydroxyl groups is 1. The fourth-order valence-electron chi connectivity index (χ4n) is 3.02. The molecule has 0 radical (unpaired) electrons. The van der Waals surface area contributed by atoms with Crippen LogP contribution >= 0.6 is 15.9 Å². The van der Waals surface area contributed by atoms with E-state index in [4.69, 9.17) is 4.74 Å². The van der Waals surface area contributed by atoms with E-state index in [0.717, 1.165) is 35.1 Å². The predicted octanol–water partition coefficient (Wildman–Crippen LogP) is 3.17. The smallest absolute Gasteiger partial charge is 0.119 e. The van der Waals surface area contributed by atoms with Gasteiger partial charge in [-0.3, -0.25) is 0 Å². The average molecular weight is 342 g/mol. The molecular weight excluding hydrogens is 318 g/mol. The average Bonchev–Trinajstić information content (AvgIpc) is 2.37. The summed E-state index contributed by atoms with van der Waals surface area (Å²) >= 11 is 3.39. The van der Waals surface area contributed by atoms with Crippen LogP contribution in [0, 0.1) is 11.8 Å². The molecule has 0 aliphatic carbocycles. The lowest BCUT2D eigenvalue weighted by Crippen LogP contribution is -2.43. The predicted molar refractivity (Wildman–Crippen MR) is 85.0 cm³/mol. The molecule has 0 amide bonds. The first kappa shape index (κ1) is 15.8. The molecule has 1 N–H and O–H groups in total. The zero-order valence-corrected chi connectivity index (χ0v) is 13.8. The number of halogens is 1. The molecule has 20 heavy (non-hydrogen) atoms. The van der Waals surface area contributed by atoms with Crippen LogP contribution in [0.25, 0.3) is 0 Å². The van der Waals surface area contributed by atoms with E-state index in [2.05, 4.69) is 34.7 Å². The van der Waals surface area contributed by atoms with Gasteiger partial charge >= 0.3 is 0 Å². The molecule has 112 valence electrons. The maximum Gasteiger partial charge on any atom is 0.119 e. The number of β-amino-alcohol motifs (C(OH)–C–C–N with tert-alkyl or cyclic N) is 1. The number of piperidine rings is 1. The maximum absolute atomic E-state index is 10.1. The van der Waals surface area contributed by atoms with Crippen molar-refractivity contribution in [3.05, 3.63) is 28.7 Å². The molecule has 1 aliphatic rings. The Morgan fingerprint density at radius 3 is 2.45 bits per heavy atom. The van der Waals surface area contributed by atoms with Crippen LogP contribution in [0.15, 0.2) is 28.7 Å². The van der Waals surface area contributed by atoms with Crippen molar-refractivity contribution in [3.8, 4) is 5.75 Å². The third kappa shape index (κ3) is 5.08. The lowest BCUT2D eigenvalue weighted by Gasteiger charge is -2.35. The van der Waals surface area contributed by atoms with E-state index < -0.39 is 6.10 Å². The van der Waals surface area contributed by atoms with Crippen molar-refractivity contribution in [2.75, 3.05) is 26.2 Å². The van der Waals surface area contributed by atoms with E-state index in [0.29, 0.717) is 13.2 Å². The molecule has 2 rings (SSSR count). The minimum Gasteiger partial charge on any atom is -0.491 e. The zero-order valence-electron chi connectivity index (χ0n) is 12.3. The van der Waals surface area contributed by atoms with Crippen molar-refractivity contribution in [1.29, 1.82) is 0 Å². The Labute approximate surface area is 130 Å². The van der Waals surface area contributed by atoms with Crippen molar-refractivity contribution in [2.45, 2.75) is 26.4 Å². The van der Waals surface area contributed by atoms with Crippen molar-refractivity contribution in [2.24, 2.45) is 11.8 Å². The van der Waals surface area contributed by atoms with Gasteiger partial charge in [0.05, 0.1) is 0 Å². The summed E-state index contributed by atoms with van der Waals surface area (Å²) in [4.78, 5) is 2.36. The second-order valence-corrected chi connectivity index (χ2v) is 7.00. The van der Waals surface area contributed by atoms with Crippen LogP contribution in [-0.2, 0) is 0 Å². The van der Waals surface area contributed by atoms with E-state index in [9.17, 15) is 5.11 Å². The summed E-state index contributed by atoms with van der Waals surface area (Å²) in [5.41, 5.74) is 0. The van der Waals surface area contributed by atoms with E-state index in [-0.39, 0.29) is 0 Å². The zero-order chi connectivity index (χ0) is 14.5. The standard InChI is InChI=1S/C16H24BrNO2/c1-12-7-13(2)9-18(8-12)10-15(19)11-20-16-5-3-14(17)4-6-16/h3-6,12-13,15,19H,7-11H2,1-2H3/t12-,13-,15-/m1/s1. The van der Waals surface area contributed by atoms with Gasteiger partial charge in [0.1, 0.15) is 18.5 Å². The van der Waals surface area contributed by atoms with Crippen LogP contribution in [0.5, 0.6) is 5.75 Å². The van der Waals surface area contributed by atoms with Gasteiger partial charge in [0.15, 0.2) is 0 Å². The first-order valence-electron chi connectivity index (χ1n) is 7.31. The monoisotopic (exact) mass is 341 g/mol. The second-order valence-electron chi connectivity index (χ2n) is 6.08. The van der Waals surface area contributed by atoms with Crippen molar-refractivity contribution in [1.82, 2.24) is 4.90 Å². The van der Waals surface area contributed by atoms with E-state index >= 15 is 0 Å². The number of hydrogen-bond donors (Lipinski definition) is 1. The largest absolute Gasteiger partial charge is 0.491 e. The first-order chi connectivity index (χ1) is 9.52. The number of hydrogen-bond acceptors (Lipinski definition) is 3. The minimum atomic E-state index is -0.434. The van der Waals surface area contributed by atoms with Gasteiger partial charge in [0, 0.05) is 24.1 Å². The summed E-state index contributed by atoms with van der Waals surface area (Å²) in [6.45, 7) is 7.78. The number of rotatable bonds is 5. The van der Waals surface area contributed by atoms with Gasteiger partial charge in [-0.2, -0.15) is 0 Å². The molecule has 0 bridgehead atoms. The molecule has 1 fully saturated rings. The highest BCUT2D eigenvalue weighted by molar-refractivity contribution is 9.10. The van der Waals surface area contributed by atoms with Gasteiger partial charge in [-0.1, -0.05) is 29.8 Å². The Kier molecular flexibility index (Phi) is 5.87. The third-order valence-corrected chi connectivity index (χ3v) is 4.20. The van der Waals surface area contributed by atoms with Gasteiger partial charge < -0.3 is 14.7 Å². The van der Waals surface area contributed by atoms with Crippen LogP contribution in [0.1, 0.15) is 20.3 Å². The van der Waals surface area contributed by atoms with Crippen LogP contribution in [0.4, 0.5) is 0 Å². The molecule has 0 spiro atoms. The fourth-order valence-corrected chi connectivity index (χ4v) is 3.28. The van der Waals surface area contributed by atoms with Gasteiger partial charge in [0.2, 0.25) is 0 Å². The molecule has 1 heterocycles. The summed E-state index contributed by atoms with van der Waals surface area (Å²) in [7, 11) is 0. The lowest BCUT2D eigenvalue weighted by molar-refractivity contribution is 0.0429. The van der Waals surface area contributed by atoms with Crippen LogP contribution in [0.2, 0.25) is 0 Å². The summed E-state index contributed by atoms with van der Waals surface area (Å²) in [5.74, 6) is 2.24. The summed E-state index contributed by atoms with van der Waals surface area (Å²) in [6, 6.07) is 7.69. The van der Waals surface area contributed by atoms with Gasteiger partial charge in [-0.15, -0.1) is 0 Å². The number of likely N-dealkylation sites (tertiary alicyclic amines) is 1. The van der Waals surface area contributed by atoms with Crippen LogP contribution in [-0.4, -0.2) is 42.4 Å². The minimum absolute atomic E-state index is 0.348. The van der Waals surface area contributed by atoms with Crippen LogP contribution < -0.4 is 4.74 Å². The Morgan fingerprint density at radius 1 is 1.25 bits per heavy atom. The lowest BCUT2D eigenvalue weighted by atomic mass is 9.92. The number of aliphatic hydroxyl groups excluding tert-OH is 1. The van der Waals surface area contributed by atoms with E-state index in [1.807, 2.05) is 24.3 Å². The van der Waals surface area contributed by atoms with Crippen molar-refractivity contribution >= 4 is 15.9 Å². The van der Waals surface area contributed by atoms with Crippen LogP contribution in [0.3, 0.4) is 0 Å². The van der Waals surface area contributed by atoms with Gasteiger partial charge in [-0.05, 0) is 42.5 Å². The Hall–Kier alpha value is -0.580. The molecule has 1 aromatic rings. The van der Waals surface area contributed by atoms with E-state index in [1.165, 1.54) is 6.42 Å². The van der Waals surface area contributed by atoms with Crippen molar-refractivity contribution in [3.63, 3.8) is 0 Å². The Morgan fingerprint density at radius 2 is 1.85 bits per heavy atom. The molecule has 3 nitrogen and oxygen atoms in total. The molecule has 4 heteroatoms. The Bertz CT molecular complexity index is 399. The van der Waals surface area contributed by atoms with Gasteiger partial charge in [0.25, 0.3) is 0 Å². The highest BCUT2D eigenvalue weighted by Gasteiger charge is 2.23. The quantitative estimate of drug-likeness (QED) is 0.892. The highest BCUT2D eigenvalue weighted by Crippen LogP contribution is 2.21. The maximum atomic E-state index is 10.1. The highest BCUT2D eigenvalue weighted by atomic mass is 79.9. The summed E-state index contributed by atoms with van der Waals surface area (Å²) in [5, 5.41) is 10.1.